The van der Waals surface area contributed by atoms with Gasteiger partial charge in [-0.25, -0.2) is 4.68 Å². The van der Waals surface area contributed by atoms with Crippen LogP contribution in [0, 0.1) is 6.92 Å². The van der Waals surface area contributed by atoms with Crippen LogP contribution in [0.3, 0.4) is 0 Å². The number of nitrogens with two attached hydrogens (primary N) is 1. The molecule has 0 amide bonds. The van der Waals surface area contributed by atoms with Crippen LogP contribution in [0.15, 0.2) is 53.7 Å². The van der Waals surface area contributed by atoms with Gasteiger partial charge in [0, 0.05) is 5.75 Å². The first-order valence-electron chi connectivity index (χ1n) is 7.21. The average molecular weight is 326 g/mol. The fourth-order valence-corrected chi connectivity index (χ4v) is 3.14. The molecule has 0 aliphatic heterocycles. The number of aromatic nitrogens is 3. The Balaban J connectivity index is 1.82. The van der Waals surface area contributed by atoms with E-state index in [2.05, 4.69) is 41.4 Å². The number of hydrogen-bond acceptors (Lipinski definition) is 5. The summed E-state index contributed by atoms with van der Waals surface area (Å²) in [6.45, 7) is 2.08. The Labute approximate surface area is 139 Å². The van der Waals surface area contributed by atoms with E-state index in [0.717, 1.165) is 17.1 Å². The van der Waals surface area contributed by atoms with Crippen molar-refractivity contribution in [1.82, 2.24) is 14.9 Å². The van der Waals surface area contributed by atoms with E-state index >= 15 is 0 Å². The van der Waals surface area contributed by atoms with Crippen LogP contribution in [-0.2, 0) is 5.75 Å². The summed E-state index contributed by atoms with van der Waals surface area (Å²) >= 11 is 1.56. The smallest absolute Gasteiger partial charge is 0.210 e. The first-order chi connectivity index (χ1) is 11.2. The molecule has 2 N–H and O–H groups in total. The normalized spacial score (nSPS) is 10.7. The zero-order valence-electron chi connectivity index (χ0n) is 13.1. The van der Waals surface area contributed by atoms with Crippen molar-refractivity contribution in [3.8, 4) is 17.1 Å². The molecule has 0 spiro atoms. The lowest BCUT2D eigenvalue weighted by Gasteiger charge is -2.08. The quantitative estimate of drug-likeness (QED) is 0.576. The van der Waals surface area contributed by atoms with Crippen molar-refractivity contribution in [1.29, 1.82) is 0 Å². The highest BCUT2D eigenvalue weighted by molar-refractivity contribution is 7.98. The van der Waals surface area contributed by atoms with Crippen molar-refractivity contribution in [2.45, 2.75) is 17.8 Å². The van der Waals surface area contributed by atoms with E-state index in [1.54, 1.807) is 18.9 Å². The van der Waals surface area contributed by atoms with Crippen LogP contribution < -0.4 is 10.6 Å². The van der Waals surface area contributed by atoms with Gasteiger partial charge in [0.05, 0.1) is 12.7 Å². The third-order valence-corrected chi connectivity index (χ3v) is 4.48. The molecule has 6 heteroatoms. The Kier molecular flexibility index (Phi) is 4.52. The van der Waals surface area contributed by atoms with Crippen LogP contribution >= 0.6 is 11.8 Å². The van der Waals surface area contributed by atoms with Crippen molar-refractivity contribution in [2.75, 3.05) is 13.0 Å². The molecule has 0 fully saturated rings. The van der Waals surface area contributed by atoms with Gasteiger partial charge in [0.1, 0.15) is 5.75 Å². The Hall–Kier alpha value is -2.47. The zero-order valence-corrected chi connectivity index (χ0v) is 13.9. The van der Waals surface area contributed by atoms with Gasteiger partial charge < -0.3 is 10.6 Å². The topological polar surface area (TPSA) is 66.0 Å². The minimum Gasteiger partial charge on any atom is -0.496 e. The third kappa shape index (κ3) is 3.32. The second-order valence-electron chi connectivity index (χ2n) is 5.15. The van der Waals surface area contributed by atoms with Gasteiger partial charge in [-0.3, -0.25) is 0 Å². The fourth-order valence-electron chi connectivity index (χ4n) is 2.34. The standard InChI is InChI=1S/C17H18N4OS/c1-12-6-5-7-13(10-12)11-23-17-20-19-16(21(17)18)14-8-3-4-9-15(14)22-2/h3-10H,11,18H2,1-2H3. The Morgan fingerprint density at radius 2 is 1.96 bits per heavy atom. The number of nitrogens with zero attached hydrogens (tertiary/aromatic N) is 3. The Bertz CT molecular complexity index is 816. The van der Waals surface area contributed by atoms with Crippen LogP contribution in [0.2, 0.25) is 0 Å². The van der Waals surface area contributed by atoms with Crippen molar-refractivity contribution >= 4 is 11.8 Å². The highest BCUT2D eigenvalue weighted by atomic mass is 32.2. The molecule has 0 radical (unpaired) electrons. The summed E-state index contributed by atoms with van der Waals surface area (Å²) in [6, 6.07) is 16.0. The van der Waals surface area contributed by atoms with Crippen LogP contribution in [-0.4, -0.2) is 22.0 Å². The molecule has 0 aliphatic carbocycles. The number of para-hydroxylation sites is 1. The number of rotatable bonds is 5. The monoisotopic (exact) mass is 326 g/mol. The predicted molar refractivity (Wildman–Crippen MR) is 92.9 cm³/mol. The number of nitrogen functional groups attached to an aromatic ring is 1. The van der Waals surface area contributed by atoms with Gasteiger partial charge in [-0.05, 0) is 24.6 Å². The van der Waals surface area contributed by atoms with Crippen LogP contribution in [0.1, 0.15) is 11.1 Å². The van der Waals surface area contributed by atoms with E-state index < -0.39 is 0 Å². The molecule has 0 aliphatic rings. The number of aryl methyl sites for hydroxylation is 1. The molecular formula is C17H18N4OS. The first-order valence-corrected chi connectivity index (χ1v) is 8.20. The number of ether oxygens (including phenoxy) is 1. The number of hydrogen-bond donors (Lipinski definition) is 1. The van der Waals surface area contributed by atoms with Gasteiger partial charge >= 0.3 is 0 Å². The summed E-state index contributed by atoms with van der Waals surface area (Å²) in [5.41, 5.74) is 3.30. The maximum absolute atomic E-state index is 6.17. The van der Waals surface area contributed by atoms with Crippen LogP contribution in [0.25, 0.3) is 11.4 Å². The van der Waals surface area contributed by atoms with Crippen molar-refractivity contribution < 1.29 is 4.74 Å². The molecule has 5 nitrogen and oxygen atoms in total. The molecule has 1 heterocycles. The average Bonchev–Trinajstić information content (AvgIpc) is 2.93. The van der Waals surface area contributed by atoms with E-state index in [4.69, 9.17) is 10.6 Å². The maximum atomic E-state index is 6.17. The number of methoxy groups -OCH3 is 1. The third-order valence-electron chi connectivity index (χ3n) is 3.46. The van der Waals surface area contributed by atoms with Gasteiger partial charge in [0.15, 0.2) is 5.82 Å². The molecule has 0 atom stereocenters. The van der Waals surface area contributed by atoms with Crippen LogP contribution in [0.5, 0.6) is 5.75 Å². The highest BCUT2D eigenvalue weighted by Crippen LogP contribution is 2.30. The molecule has 3 aromatic rings. The van der Waals surface area contributed by atoms with E-state index in [1.807, 2.05) is 24.3 Å². The summed E-state index contributed by atoms with van der Waals surface area (Å²) in [7, 11) is 1.63. The summed E-state index contributed by atoms with van der Waals surface area (Å²) in [6.07, 6.45) is 0. The van der Waals surface area contributed by atoms with Gasteiger partial charge in [0.25, 0.3) is 0 Å². The zero-order chi connectivity index (χ0) is 16.2. The lowest BCUT2D eigenvalue weighted by atomic mass is 10.2. The SMILES string of the molecule is COc1ccccc1-c1nnc(SCc2cccc(C)c2)n1N. The van der Waals surface area contributed by atoms with E-state index in [0.29, 0.717) is 11.0 Å². The van der Waals surface area contributed by atoms with Crippen molar-refractivity contribution in [3.05, 3.63) is 59.7 Å². The van der Waals surface area contributed by atoms with Gasteiger partial charge in [-0.15, -0.1) is 10.2 Å². The highest BCUT2D eigenvalue weighted by Gasteiger charge is 2.15. The summed E-state index contributed by atoms with van der Waals surface area (Å²) in [5, 5.41) is 9.09. The van der Waals surface area contributed by atoms with Crippen LogP contribution in [0.4, 0.5) is 0 Å². The van der Waals surface area contributed by atoms with Gasteiger partial charge in [-0.2, -0.15) is 0 Å². The molecular weight excluding hydrogens is 308 g/mol. The minimum atomic E-state index is 0.592. The number of benzene rings is 2. The van der Waals surface area contributed by atoms with Gasteiger partial charge in [0.2, 0.25) is 5.16 Å². The fraction of sp³-hybridized carbons (Fsp3) is 0.176. The van der Waals surface area contributed by atoms with E-state index in [9.17, 15) is 0 Å². The van der Waals surface area contributed by atoms with E-state index in [1.165, 1.54) is 15.8 Å². The largest absolute Gasteiger partial charge is 0.496 e. The molecule has 2 aromatic carbocycles. The lowest BCUT2D eigenvalue weighted by molar-refractivity contribution is 0.416. The summed E-state index contributed by atoms with van der Waals surface area (Å²) in [4.78, 5) is 0. The first kappa shape index (κ1) is 15.4. The second kappa shape index (κ2) is 6.75. The van der Waals surface area contributed by atoms with Gasteiger partial charge in [-0.1, -0.05) is 53.7 Å². The molecule has 3 rings (SSSR count). The molecule has 0 bridgehead atoms. The molecule has 0 saturated heterocycles. The lowest BCUT2D eigenvalue weighted by Crippen LogP contribution is -2.12. The Morgan fingerprint density at radius 1 is 1.13 bits per heavy atom. The van der Waals surface area contributed by atoms with E-state index in [-0.39, 0.29) is 0 Å². The molecule has 1 aromatic heterocycles. The molecule has 0 unspecified atom stereocenters. The summed E-state index contributed by atoms with van der Waals surface area (Å²) in [5.74, 6) is 8.28. The van der Waals surface area contributed by atoms with Crippen molar-refractivity contribution in [2.24, 2.45) is 0 Å². The minimum absolute atomic E-state index is 0.592. The maximum Gasteiger partial charge on any atom is 0.210 e. The molecule has 23 heavy (non-hydrogen) atoms. The molecule has 118 valence electrons. The second-order valence-corrected chi connectivity index (χ2v) is 6.10. The summed E-state index contributed by atoms with van der Waals surface area (Å²) < 4.78 is 6.88. The molecule has 0 saturated carbocycles. The Morgan fingerprint density at radius 3 is 2.74 bits per heavy atom. The predicted octanol–water partition coefficient (Wildman–Crippen LogP) is 3.27. The number of thioether (sulfide) groups is 1. The van der Waals surface area contributed by atoms with Crippen molar-refractivity contribution in [3.63, 3.8) is 0 Å².